The van der Waals surface area contributed by atoms with Crippen molar-refractivity contribution < 1.29 is 4.74 Å². The van der Waals surface area contributed by atoms with E-state index in [2.05, 4.69) is 28.9 Å². The summed E-state index contributed by atoms with van der Waals surface area (Å²) in [5.41, 5.74) is 9.77. The average molecular weight is 334 g/mol. The lowest BCUT2D eigenvalue weighted by Crippen LogP contribution is -2.14. The van der Waals surface area contributed by atoms with E-state index in [1.165, 1.54) is 5.56 Å². The molecule has 0 spiro atoms. The molecule has 2 nitrogen and oxygen atoms in total. The van der Waals surface area contributed by atoms with Crippen LogP contribution < -0.4 is 10.5 Å². The molecular formula is C17H20BrNO. The lowest BCUT2D eigenvalue weighted by molar-refractivity contribution is 0.242. The number of halogens is 1. The van der Waals surface area contributed by atoms with E-state index < -0.39 is 0 Å². The zero-order valence-electron chi connectivity index (χ0n) is 12.1. The van der Waals surface area contributed by atoms with Crippen LogP contribution in [0.5, 0.6) is 5.75 Å². The van der Waals surface area contributed by atoms with Gasteiger partial charge in [0.05, 0.1) is 12.1 Å². The number of rotatable bonds is 4. The van der Waals surface area contributed by atoms with Crippen LogP contribution in [0, 0.1) is 6.92 Å². The van der Waals surface area contributed by atoms with Crippen molar-refractivity contribution in [1.29, 1.82) is 0 Å². The van der Waals surface area contributed by atoms with E-state index >= 15 is 0 Å². The molecule has 20 heavy (non-hydrogen) atoms. The molecule has 1 unspecified atom stereocenters. The van der Waals surface area contributed by atoms with Crippen LogP contribution in [0.15, 0.2) is 46.9 Å². The Morgan fingerprint density at radius 1 is 1.10 bits per heavy atom. The van der Waals surface area contributed by atoms with E-state index in [4.69, 9.17) is 10.5 Å². The van der Waals surface area contributed by atoms with Gasteiger partial charge in [0, 0.05) is 4.47 Å². The Morgan fingerprint density at radius 2 is 1.80 bits per heavy atom. The second-order valence-corrected chi connectivity index (χ2v) is 6.03. The van der Waals surface area contributed by atoms with Crippen LogP contribution in [-0.2, 0) is 0 Å². The van der Waals surface area contributed by atoms with E-state index in [0.717, 1.165) is 21.3 Å². The standard InChI is InChI=1S/C17H20BrNO/c1-11(2)20-14-7-4-6-13(10-14)17(19)15-8-5-9-16(18)12(15)3/h4-11,17H,19H2,1-3H3. The number of benzene rings is 2. The Kier molecular flexibility index (Phi) is 4.84. The van der Waals surface area contributed by atoms with Crippen molar-refractivity contribution in [3.05, 3.63) is 63.6 Å². The van der Waals surface area contributed by atoms with Gasteiger partial charge in [0.15, 0.2) is 0 Å². The van der Waals surface area contributed by atoms with Gasteiger partial charge in [-0.25, -0.2) is 0 Å². The Morgan fingerprint density at radius 3 is 2.50 bits per heavy atom. The third-order valence-corrected chi connectivity index (χ3v) is 4.09. The first-order chi connectivity index (χ1) is 9.49. The molecule has 106 valence electrons. The van der Waals surface area contributed by atoms with Crippen LogP contribution in [0.1, 0.15) is 36.6 Å². The van der Waals surface area contributed by atoms with Crippen molar-refractivity contribution in [1.82, 2.24) is 0 Å². The summed E-state index contributed by atoms with van der Waals surface area (Å²) in [6.07, 6.45) is 0.161. The van der Waals surface area contributed by atoms with Crippen molar-refractivity contribution in [3.8, 4) is 5.75 Å². The minimum atomic E-state index is -0.150. The van der Waals surface area contributed by atoms with Gasteiger partial charge in [0.2, 0.25) is 0 Å². The highest BCUT2D eigenvalue weighted by atomic mass is 79.9. The summed E-state index contributed by atoms with van der Waals surface area (Å²) >= 11 is 3.55. The number of nitrogens with two attached hydrogens (primary N) is 1. The third kappa shape index (κ3) is 3.41. The van der Waals surface area contributed by atoms with E-state index in [0.29, 0.717) is 0 Å². The molecule has 0 aliphatic rings. The van der Waals surface area contributed by atoms with Gasteiger partial charge in [-0.05, 0) is 55.7 Å². The van der Waals surface area contributed by atoms with Crippen molar-refractivity contribution in [2.45, 2.75) is 32.9 Å². The van der Waals surface area contributed by atoms with Crippen molar-refractivity contribution >= 4 is 15.9 Å². The average Bonchev–Trinajstić information content (AvgIpc) is 2.41. The van der Waals surface area contributed by atoms with E-state index in [1.54, 1.807) is 0 Å². The molecule has 0 saturated carbocycles. The SMILES string of the molecule is Cc1c(Br)cccc1C(N)c1cccc(OC(C)C)c1. The maximum Gasteiger partial charge on any atom is 0.120 e. The normalized spacial score (nSPS) is 12.5. The highest BCUT2D eigenvalue weighted by Gasteiger charge is 2.13. The highest BCUT2D eigenvalue weighted by molar-refractivity contribution is 9.10. The van der Waals surface area contributed by atoms with Crippen LogP contribution in [0.4, 0.5) is 0 Å². The highest BCUT2D eigenvalue weighted by Crippen LogP contribution is 2.29. The maximum absolute atomic E-state index is 6.41. The molecule has 0 radical (unpaired) electrons. The van der Waals surface area contributed by atoms with E-state index in [-0.39, 0.29) is 12.1 Å². The van der Waals surface area contributed by atoms with Gasteiger partial charge in [-0.3, -0.25) is 0 Å². The van der Waals surface area contributed by atoms with Gasteiger partial charge in [0.25, 0.3) is 0 Å². The number of ether oxygens (including phenoxy) is 1. The Hall–Kier alpha value is -1.32. The molecular weight excluding hydrogens is 314 g/mol. The summed E-state index contributed by atoms with van der Waals surface area (Å²) in [6.45, 7) is 6.11. The zero-order chi connectivity index (χ0) is 14.7. The van der Waals surface area contributed by atoms with E-state index in [9.17, 15) is 0 Å². The number of hydrogen-bond donors (Lipinski definition) is 1. The predicted octanol–water partition coefficient (Wildman–Crippen LogP) is 4.59. The Labute approximate surface area is 129 Å². The van der Waals surface area contributed by atoms with Crippen LogP contribution in [0.2, 0.25) is 0 Å². The summed E-state index contributed by atoms with van der Waals surface area (Å²) in [5, 5.41) is 0. The minimum Gasteiger partial charge on any atom is -0.491 e. The topological polar surface area (TPSA) is 35.2 Å². The van der Waals surface area contributed by atoms with Gasteiger partial charge in [-0.2, -0.15) is 0 Å². The van der Waals surface area contributed by atoms with Crippen LogP contribution in [0.25, 0.3) is 0 Å². The van der Waals surface area contributed by atoms with Crippen LogP contribution in [0.3, 0.4) is 0 Å². The van der Waals surface area contributed by atoms with Crippen molar-refractivity contribution in [3.63, 3.8) is 0 Å². The molecule has 0 heterocycles. The first kappa shape index (κ1) is 15.1. The van der Waals surface area contributed by atoms with Gasteiger partial charge >= 0.3 is 0 Å². The molecule has 2 N–H and O–H groups in total. The second kappa shape index (κ2) is 6.42. The summed E-state index contributed by atoms with van der Waals surface area (Å²) in [6, 6.07) is 14.0. The minimum absolute atomic E-state index is 0.150. The molecule has 2 aromatic rings. The molecule has 2 aromatic carbocycles. The smallest absolute Gasteiger partial charge is 0.120 e. The van der Waals surface area contributed by atoms with Gasteiger partial charge in [-0.15, -0.1) is 0 Å². The summed E-state index contributed by atoms with van der Waals surface area (Å²) in [4.78, 5) is 0. The largest absolute Gasteiger partial charge is 0.491 e. The summed E-state index contributed by atoms with van der Waals surface area (Å²) in [5.74, 6) is 0.862. The first-order valence-corrected chi connectivity index (χ1v) is 7.55. The van der Waals surface area contributed by atoms with E-state index in [1.807, 2.05) is 50.2 Å². The third-order valence-electron chi connectivity index (χ3n) is 3.23. The fourth-order valence-corrected chi connectivity index (χ4v) is 2.58. The molecule has 2 rings (SSSR count). The Balaban J connectivity index is 2.33. The molecule has 0 amide bonds. The summed E-state index contributed by atoms with van der Waals surface area (Å²) < 4.78 is 6.81. The monoisotopic (exact) mass is 333 g/mol. The lowest BCUT2D eigenvalue weighted by atomic mass is 9.96. The van der Waals surface area contributed by atoms with Crippen LogP contribution >= 0.6 is 15.9 Å². The van der Waals surface area contributed by atoms with Crippen LogP contribution in [-0.4, -0.2) is 6.10 Å². The first-order valence-electron chi connectivity index (χ1n) is 6.76. The fraction of sp³-hybridized carbons (Fsp3) is 0.294. The molecule has 0 aliphatic carbocycles. The molecule has 0 aliphatic heterocycles. The van der Waals surface area contributed by atoms with Crippen molar-refractivity contribution in [2.24, 2.45) is 5.73 Å². The van der Waals surface area contributed by atoms with Crippen molar-refractivity contribution in [2.75, 3.05) is 0 Å². The van der Waals surface area contributed by atoms with Gasteiger partial charge in [0.1, 0.15) is 5.75 Å². The molecule has 0 saturated heterocycles. The molecule has 0 fully saturated rings. The molecule has 0 aromatic heterocycles. The predicted molar refractivity (Wildman–Crippen MR) is 87.1 cm³/mol. The number of hydrogen-bond acceptors (Lipinski definition) is 2. The quantitative estimate of drug-likeness (QED) is 0.887. The Bertz CT molecular complexity index is 595. The maximum atomic E-state index is 6.41. The molecule has 1 atom stereocenters. The summed E-state index contributed by atoms with van der Waals surface area (Å²) in [7, 11) is 0. The van der Waals surface area contributed by atoms with Gasteiger partial charge in [-0.1, -0.05) is 40.2 Å². The fourth-order valence-electron chi connectivity index (χ4n) is 2.19. The zero-order valence-corrected chi connectivity index (χ0v) is 13.6. The van der Waals surface area contributed by atoms with Gasteiger partial charge < -0.3 is 10.5 Å². The molecule has 0 bridgehead atoms. The molecule has 3 heteroatoms. The lowest BCUT2D eigenvalue weighted by Gasteiger charge is -2.18. The second-order valence-electron chi connectivity index (χ2n) is 5.17.